The molecule has 6 nitrogen and oxygen atoms in total. The van der Waals surface area contributed by atoms with Crippen LogP contribution >= 0.6 is 11.3 Å². The van der Waals surface area contributed by atoms with E-state index in [-0.39, 0.29) is 12.5 Å². The van der Waals surface area contributed by atoms with E-state index >= 15 is 0 Å². The van der Waals surface area contributed by atoms with Gasteiger partial charge in [-0.15, -0.1) is 11.3 Å². The van der Waals surface area contributed by atoms with Crippen molar-refractivity contribution in [2.45, 2.75) is 26.7 Å². The minimum Gasteiger partial charge on any atom is -0.481 e. The van der Waals surface area contributed by atoms with Gasteiger partial charge in [-0.25, -0.2) is 4.98 Å². The zero-order valence-corrected chi connectivity index (χ0v) is 12.4. The van der Waals surface area contributed by atoms with Gasteiger partial charge in [-0.1, -0.05) is 0 Å². The Bertz CT molecular complexity index is 520. The molecule has 1 aliphatic rings. The van der Waals surface area contributed by atoms with E-state index in [0.29, 0.717) is 36.6 Å². The number of nitrogens with one attached hydrogen (secondary N) is 1. The van der Waals surface area contributed by atoms with Gasteiger partial charge in [0.2, 0.25) is 0 Å². The number of carboxylic acid groups (broad SMARTS) is 1. The molecule has 0 bridgehead atoms. The number of aryl methyl sites for hydroxylation is 2. The summed E-state index contributed by atoms with van der Waals surface area (Å²) in [6.45, 7) is 4.58. The second kappa shape index (κ2) is 5.88. The molecule has 0 aromatic carbocycles. The number of ether oxygens (including phenoxy) is 1. The van der Waals surface area contributed by atoms with Crippen molar-refractivity contribution in [1.29, 1.82) is 0 Å². The molecule has 0 spiro atoms. The number of carbonyl (C=O) groups is 2. The third-order valence-corrected chi connectivity index (χ3v) is 4.67. The second-order valence-corrected chi connectivity index (χ2v) is 6.23. The largest absolute Gasteiger partial charge is 0.481 e. The number of amides is 1. The summed E-state index contributed by atoms with van der Waals surface area (Å²) in [7, 11) is 0. The number of rotatable bonds is 4. The van der Waals surface area contributed by atoms with Gasteiger partial charge in [-0.2, -0.15) is 0 Å². The van der Waals surface area contributed by atoms with Crippen LogP contribution in [0, 0.1) is 19.3 Å². The first kappa shape index (κ1) is 14.9. The first-order chi connectivity index (χ1) is 9.44. The minimum absolute atomic E-state index is 0.126. The van der Waals surface area contributed by atoms with E-state index < -0.39 is 11.4 Å². The molecule has 2 heterocycles. The van der Waals surface area contributed by atoms with Gasteiger partial charge in [0, 0.05) is 19.8 Å². The number of carbonyl (C=O) groups excluding carboxylic acids is 1. The van der Waals surface area contributed by atoms with Crippen LogP contribution in [0.5, 0.6) is 0 Å². The van der Waals surface area contributed by atoms with E-state index in [4.69, 9.17) is 4.74 Å². The van der Waals surface area contributed by atoms with Crippen LogP contribution in [0.2, 0.25) is 0 Å². The first-order valence-electron chi connectivity index (χ1n) is 6.48. The van der Waals surface area contributed by atoms with Crippen molar-refractivity contribution >= 4 is 23.2 Å². The lowest BCUT2D eigenvalue weighted by molar-refractivity contribution is -0.154. The maximum absolute atomic E-state index is 12.1. The van der Waals surface area contributed by atoms with Crippen molar-refractivity contribution in [3.63, 3.8) is 0 Å². The molecule has 0 unspecified atom stereocenters. The predicted octanol–water partition coefficient (Wildman–Crippen LogP) is 1.37. The number of thiazole rings is 1. The average Bonchev–Trinajstić information content (AvgIpc) is 2.76. The molecule has 0 saturated carbocycles. The van der Waals surface area contributed by atoms with Crippen molar-refractivity contribution in [1.82, 2.24) is 10.3 Å². The lowest BCUT2D eigenvalue weighted by Gasteiger charge is -2.33. The lowest BCUT2D eigenvalue weighted by Crippen LogP contribution is -2.46. The highest BCUT2D eigenvalue weighted by molar-refractivity contribution is 7.13. The third-order valence-electron chi connectivity index (χ3n) is 3.60. The summed E-state index contributed by atoms with van der Waals surface area (Å²) in [6.07, 6.45) is 0.840. The van der Waals surface area contributed by atoms with E-state index in [1.807, 2.05) is 6.92 Å². The molecule has 0 radical (unpaired) electrons. The highest BCUT2D eigenvalue weighted by Gasteiger charge is 2.40. The van der Waals surface area contributed by atoms with Gasteiger partial charge in [0.25, 0.3) is 5.91 Å². The second-order valence-electron chi connectivity index (χ2n) is 5.03. The Kier molecular flexibility index (Phi) is 4.39. The maximum Gasteiger partial charge on any atom is 0.311 e. The molecule has 1 fully saturated rings. The highest BCUT2D eigenvalue weighted by Crippen LogP contribution is 2.30. The molecule has 1 saturated heterocycles. The molecule has 110 valence electrons. The zero-order valence-electron chi connectivity index (χ0n) is 11.6. The van der Waals surface area contributed by atoms with Gasteiger partial charge in [-0.3, -0.25) is 9.59 Å². The molecule has 2 N–H and O–H groups in total. The molecule has 1 aromatic rings. The predicted molar refractivity (Wildman–Crippen MR) is 74.0 cm³/mol. The first-order valence-corrected chi connectivity index (χ1v) is 7.30. The lowest BCUT2D eigenvalue weighted by atomic mass is 9.80. The van der Waals surface area contributed by atoms with Crippen LogP contribution in [0.1, 0.15) is 33.2 Å². The monoisotopic (exact) mass is 298 g/mol. The van der Waals surface area contributed by atoms with E-state index in [1.165, 1.54) is 11.3 Å². The summed E-state index contributed by atoms with van der Waals surface area (Å²) in [6, 6.07) is 0. The number of aliphatic carboxylic acids is 1. The fraction of sp³-hybridized carbons (Fsp3) is 0.615. The van der Waals surface area contributed by atoms with Crippen molar-refractivity contribution < 1.29 is 19.4 Å². The van der Waals surface area contributed by atoms with Crippen molar-refractivity contribution in [2.75, 3.05) is 19.8 Å². The van der Waals surface area contributed by atoms with Gasteiger partial charge in [0.15, 0.2) is 0 Å². The maximum atomic E-state index is 12.1. The molecule has 20 heavy (non-hydrogen) atoms. The summed E-state index contributed by atoms with van der Waals surface area (Å²) in [5.41, 5.74) is -0.233. The quantitative estimate of drug-likeness (QED) is 0.876. The Labute approximate surface area is 121 Å². The average molecular weight is 298 g/mol. The molecular weight excluding hydrogens is 280 g/mol. The van der Waals surface area contributed by atoms with Crippen LogP contribution in [-0.2, 0) is 9.53 Å². The topological polar surface area (TPSA) is 88.5 Å². The van der Waals surface area contributed by atoms with Crippen LogP contribution in [0.15, 0.2) is 0 Å². The number of aromatic nitrogens is 1. The van der Waals surface area contributed by atoms with Gasteiger partial charge >= 0.3 is 5.97 Å². The smallest absolute Gasteiger partial charge is 0.311 e. The van der Waals surface area contributed by atoms with E-state index in [2.05, 4.69) is 10.3 Å². The molecule has 1 aromatic heterocycles. The standard InChI is InChI=1S/C13H18N2O4S/c1-8-10(20-9(2)15-8)11(16)14-7-13(12(17)18)3-5-19-6-4-13/h3-7H2,1-2H3,(H,14,16)(H,17,18). The molecule has 2 rings (SSSR count). The van der Waals surface area contributed by atoms with Gasteiger partial charge in [0.1, 0.15) is 4.88 Å². The Morgan fingerprint density at radius 1 is 1.40 bits per heavy atom. The number of carboxylic acids is 1. The van der Waals surface area contributed by atoms with E-state index in [9.17, 15) is 14.7 Å². The fourth-order valence-electron chi connectivity index (χ4n) is 2.30. The van der Waals surface area contributed by atoms with Crippen molar-refractivity contribution in [3.8, 4) is 0 Å². The summed E-state index contributed by atoms with van der Waals surface area (Å²) in [5, 5.41) is 13.0. The van der Waals surface area contributed by atoms with Crippen LogP contribution in [-0.4, -0.2) is 41.7 Å². The summed E-state index contributed by atoms with van der Waals surface area (Å²) >= 11 is 1.32. The van der Waals surface area contributed by atoms with Crippen molar-refractivity contribution in [3.05, 3.63) is 15.6 Å². The van der Waals surface area contributed by atoms with Gasteiger partial charge in [-0.05, 0) is 26.7 Å². The highest BCUT2D eigenvalue weighted by atomic mass is 32.1. The SMILES string of the molecule is Cc1nc(C)c(C(=O)NCC2(C(=O)O)CCOCC2)s1. The summed E-state index contributed by atoms with van der Waals surface area (Å²) in [5.74, 6) is -1.13. The third kappa shape index (κ3) is 2.99. The number of nitrogens with zero attached hydrogens (tertiary/aromatic N) is 1. The molecular formula is C13H18N2O4S. The summed E-state index contributed by atoms with van der Waals surface area (Å²) in [4.78, 5) is 28.4. The Morgan fingerprint density at radius 2 is 2.05 bits per heavy atom. The Morgan fingerprint density at radius 3 is 2.55 bits per heavy atom. The molecule has 1 amide bonds. The summed E-state index contributed by atoms with van der Waals surface area (Å²) < 4.78 is 5.20. The van der Waals surface area contributed by atoms with E-state index in [0.717, 1.165) is 5.01 Å². The zero-order chi connectivity index (χ0) is 14.8. The van der Waals surface area contributed by atoms with Crippen LogP contribution in [0.4, 0.5) is 0 Å². The van der Waals surface area contributed by atoms with Crippen LogP contribution in [0.25, 0.3) is 0 Å². The van der Waals surface area contributed by atoms with Gasteiger partial charge in [0.05, 0.1) is 16.1 Å². The molecule has 0 atom stereocenters. The molecule has 0 aliphatic carbocycles. The van der Waals surface area contributed by atoms with Crippen LogP contribution < -0.4 is 5.32 Å². The molecule has 7 heteroatoms. The Balaban J connectivity index is 2.04. The Hall–Kier alpha value is -1.47. The fourth-order valence-corrected chi connectivity index (χ4v) is 3.14. The van der Waals surface area contributed by atoms with Crippen LogP contribution in [0.3, 0.4) is 0 Å². The molecule has 1 aliphatic heterocycles. The minimum atomic E-state index is -0.915. The van der Waals surface area contributed by atoms with E-state index in [1.54, 1.807) is 6.92 Å². The van der Waals surface area contributed by atoms with Crippen molar-refractivity contribution in [2.24, 2.45) is 5.41 Å². The number of hydrogen-bond donors (Lipinski definition) is 2. The normalized spacial score (nSPS) is 17.7. The van der Waals surface area contributed by atoms with Gasteiger partial charge < -0.3 is 15.2 Å². The number of hydrogen-bond acceptors (Lipinski definition) is 5.